The largest absolute Gasteiger partial charge is 0.389 e. The number of rotatable bonds is 4. The van der Waals surface area contributed by atoms with E-state index in [1.165, 1.54) is 4.88 Å². The van der Waals surface area contributed by atoms with Crippen molar-refractivity contribution in [1.82, 2.24) is 15.1 Å². The number of ether oxygens (including phenoxy) is 2. The Kier molecular flexibility index (Phi) is 3.75. The number of thiophene rings is 1. The van der Waals surface area contributed by atoms with E-state index >= 15 is 0 Å². The van der Waals surface area contributed by atoms with E-state index in [9.17, 15) is 5.11 Å². The van der Waals surface area contributed by atoms with Crippen LogP contribution in [0.5, 0.6) is 0 Å². The van der Waals surface area contributed by atoms with Crippen LogP contribution in [0.15, 0.2) is 29.9 Å². The first-order valence-corrected chi connectivity index (χ1v) is 8.32. The third-order valence-electron chi connectivity index (χ3n) is 4.26. The lowest BCUT2D eigenvalue weighted by Crippen LogP contribution is -2.57. The number of fused-ring (bicyclic) bond motifs is 2. The molecule has 0 radical (unpaired) electrons. The molecule has 5 atom stereocenters. The van der Waals surface area contributed by atoms with Crippen LogP contribution in [-0.4, -0.2) is 46.0 Å². The van der Waals surface area contributed by atoms with Crippen LogP contribution < -0.4 is 5.32 Å². The van der Waals surface area contributed by atoms with Crippen LogP contribution in [0.1, 0.15) is 16.5 Å². The lowest BCUT2D eigenvalue weighted by atomic mass is 9.96. The first kappa shape index (κ1) is 14.3. The van der Waals surface area contributed by atoms with Crippen LogP contribution in [0, 0.1) is 6.92 Å². The second kappa shape index (κ2) is 5.75. The number of hydrogen-bond donors (Lipinski definition) is 2. The maximum absolute atomic E-state index is 10.8. The van der Waals surface area contributed by atoms with Gasteiger partial charge in [-0.1, -0.05) is 6.07 Å². The Morgan fingerprint density at radius 2 is 2.45 bits per heavy atom. The zero-order valence-electron chi connectivity index (χ0n) is 12.3. The average molecular weight is 321 g/mol. The monoisotopic (exact) mass is 321 g/mol. The van der Waals surface area contributed by atoms with Crippen LogP contribution in [0.3, 0.4) is 0 Å². The highest BCUT2D eigenvalue weighted by Crippen LogP contribution is 2.35. The Labute approximate surface area is 132 Å². The van der Waals surface area contributed by atoms with Crippen LogP contribution in [0.25, 0.3) is 0 Å². The molecule has 0 spiro atoms. The third kappa shape index (κ3) is 2.49. The first-order chi connectivity index (χ1) is 10.7. The van der Waals surface area contributed by atoms with Crippen molar-refractivity contribution in [2.24, 2.45) is 0 Å². The molecule has 0 unspecified atom stereocenters. The molecular formula is C15H19N3O3S. The Morgan fingerprint density at radius 1 is 1.55 bits per heavy atom. The van der Waals surface area contributed by atoms with Gasteiger partial charge in [0.05, 0.1) is 24.9 Å². The summed E-state index contributed by atoms with van der Waals surface area (Å²) < 4.78 is 13.4. The van der Waals surface area contributed by atoms with Crippen LogP contribution in [0.2, 0.25) is 0 Å². The second-order valence-electron chi connectivity index (χ2n) is 5.84. The third-order valence-corrected chi connectivity index (χ3v) is 5.14. The van der Waals surface area contributed by atoms with E-state index in [1.54, 1.807) is 22.2 Å². The van der Waals surface area contributed by atoms with E-state index in [2.05, 4.69) is 21.9 Å². The molecule has 2 aliphatic rings. The van der Waals surface area contributed by atoms with Gasteiger partial charge in [0.1, 0.15) is 12.1 Å². The van der Waals surface area contributed by atoms with Gasteiger partial charge in [-0.05, 0) is 23.9 Å². The van der Waals surface area contributed by atoms with Gasteiger partial charge < -0.3 is 19.9 Å². The van der Waals surface area contributed by atoms with Crippen molar-refractivity contribution in [2.75, 3.05) is 6.61 Å². The summed E-state index contributed by atoms with van der Waals surface area (Å²) in [4.78, 5) is 1.24. The van der Waals surface area contributed by atoms with E-state index < -0.39 is 12.4 Å². The summed E-state index contributed by atoms with van der Waals surface area (Å²) in [5, 5.41) is 20.6. The zero-order valence-corrected chi connectivity index (χ0v) is 13.1. The van der Waals surface area contributed by atoms with Gasteiger partial charge in [-0.15, -0.1) is 11.3 Å². The lowest BCUT2D eigenvalue weighted by molar-refractivity contribution is -0.168. The van der Waals surface area contributed by atoms with E-state index in [4.69, 9.17) is 9.47 Å². The highest BCUT2D eigenvalue weighted by molar-refractivity contribution is 7.09. The van der Waals surface area contributed by atoms with Crippen molar-refractivity contribution in [1.29, 1.82) is 0 Å². The molecule has 2 aliphatic heterocycles. The van der Waals surface area contributed by atoms with Gasteiger partial charge in [-0.2, -0.15) is 5.10 Å². The fourth-order valence-corrected chi connectivity index (χ4v) is 3.82. The quantitative estimate of drug-likeness (QED) is 0.882. The fraction of sp³-hybridized carbons (Fsp3) is 0.533. The van der Waals surface area contributed by atoms with Crippen molar-refractivity contribution >= 4 is 11.3 Å². The second-order valence-corrected chi connectivity index (χ2v) is 6.87. The van der Waals surface area contributed by atoms with Gasteiger partial charge in [0.25, 0.3) is 0 Å². The molecule has 2 N–H and O–H groups in total. The fourth-order valence-electron chi connectivity index (χ4n) is 3.16. The molecule has 4 heterocycles. The van der Waals surface area contributed by atoms with Gasteiger partial charge in [0, 0.05) is 17.6 Å². The number of nitrogens with zero attached hydrogens (tertiary/aromatic N) is 2. The van der Waals surface area contributed by atoms with E-state index in [1.807, 2.05) is 19.2 Å². The van der Waals surface area contributed by atoms with Gasteiger partial charge in [-0.3, -0.25) is 4.68 Å². The van der Waals surface area contributed by atoms with Gasteiger partial charge in [0.15, 0.2) is 6.29 Å². The normalized spacial score (nSPS) is 34.2. The summed E-state index contributed by atoms with van der Waals surface area (Å²) in [5.41, 5.74) is 1.05. The smallest absolute Gasteiger partial charge is 0.183 e. The summed E-state index contributed by atoms with van der Waals surface area (Å²) in [6, 6.07) is 3.61. The number of aromatic nitrogens is 2. The van der Waals surface area contributed by atoms with Crippen molar-refractivity contribution in [3.8, 4) is 0 Å². The first-order valence-electron chi connectivity index (χ1n) is 7.44. The average Bonchev–Trinajstić information content (AvgIpc) is 3.22. The maximum atomic E-state index is 10.8. The molecule has 2 fully saturated rings. The Bertz CT molecular complexity index is 630. The van der Waals surface area contributed by atoms with Crippen molar-refractivity contribution in [2.45, 2.75) is 44.1 Å². The molecular weight excluding hydrogens is 302 g/mol. The Balaban J connectivity index is 1.53. The van der Waals surface area contributed by atoms with Gasteiger partial charge in [0.2, 0.25) is 0 Å². The molecule has 118 valence electrons. The molecule has 2 saturated heterocycles. The predicted molar refractivity (Wildman–Crippen MR) is 81.6 cm³/mol. The van der Waals surface area contributed by atoms with Crippen LogP contribution in [0.4, 0.5) is 0 Å². The SMILES string of the molecule is Cc1cnn([C@H]2[C@@H]3OC[C@@H](O3)[C@@H](NCc3cccs3)[C@@H]2O)c1. The molecule has 4 rings (SSSR count). The number of nitrogens with one attached hydrogen (secondary N) is 1. The maximum Gasteiger partial charge on any atom is 0.183 e. The molecule has 0 amide bonds. The number of hydrogen-bond acceptors (Lipinski definition) is 6. The predicted octanol–water partition coefficient (Wildman–Crippen LogP) is 1.07. The lowest BCUT2D eigenvalue weighted by Gasteiger charge is -2.38. The summed E-state index contributed by atoms with van der Waals surface area (Å²) in [6.07, 6.45) is 2.54. The number of aryl methyl sites for hydroxylation is 1. The van der Waals surface area contributed by atoms with Gasteiger partial charge >= 0.3 is 0 Å². The topological polar surface area (TPSA) is 68.5 Å². The zero-order chi connectivity index (χ0) is 15.1. The highest BCUT2D eigenvalue weighted by atomic mass is 32.1. The van der Waals surface area contributed by atoms with Crippen LogP contribution in [-0.2, 0) is 16.0 Å². The molecule has 6 nitrogen and oxygen atoms in total. The Hall–Kier alpha value is -1.25. The highest BCUT2D eigenvalue weighted by Gasteiger charge is 2.51. The molecule has 2 bridgehead atoms. The molecule has 22 heavy (non-hydrogen) atoms. The van der Waals surface area contributed by atoms with E-state index in [0.29, 0.717) is 6.61 Å². The molecule has 0 aromatic carbocycles. The summed E-state index contributed by atoms with van der Waals surface area (Å²) >= 11 is 1.70. The molecule has 0 saturated carbocycles. The molecule has 2 aromatic rings. The van der Waals surface area contributed by atoms with E-state index in [0.717, 1.165) is 12.1 Å². The molecule has 7 heteroatoms. The summed E-state index contributed by atoms with van der Waals surface area (Å²) in [5.74, 6) is 0. The van der Waals surface area contributed by atoms with Crippen molar-refractivity contribution in [3.63, 3.8) is 0 Å². The van der Waals surface area contributed by atoms with Gasteiger partial charge in [-0.25, -0.2) is 0 Å². The standard InChI is InChI=1S/C15H19N3O3S/c1-9-5-17-18(7-9)13-14(19)12(11-8-20-15(13)21-11)16-6-10-3-2-4-22-10/h2-5,7,11-16,19H,6,8H2,1H3/t11-,12-,13-,14+,15-/m1/s1. The number of aliphatic hydroxyl groups is 1. The minimum atomic E-state index is -0.606. The summed E-state index contributed by atoms with van der Waals surface area (Å²) in [7, 11) is 0. The molecule has 2 aromatic heterocycles. The summed E-state index contributed by atoms with van der Waals surface area (Å²) in [6.45, 7) is 3.19. The van der Waals surface area contributed by atoms with Crippen LogP contribution >= 0.6 is 11.3 Å². The minimum absolute atomic E-state index is 0.118. The van der Waals surface area contributed by atoms with E-state index in [-0.39, 0.29) is 18.2 Å². The molecule has 0 aliphatic carbocycles. The minimum Gasteiger partial charge on any atom is -0.389 e. The van der Waals surface area contributed by atoms with Crippen molar-refractivity contribution < 1.29 is 14.6 Å². The van der Waals surface area contributed by atoms with Crippen molar-refractivity contribution in [3.05, 3.63) is 40.3 Å². The number of aliphatic hydroxyl groups excluding tert-OH is 1. The Morgan fingerprint density at radius 3 is 3.18 bits per heavy atom.